The first-order valence-corrected chi connectivity index (χ1v) is 9.03. The summed E-state index contributed by atoms with van der Waals surface area (Å²) in [5.74, 6) is -2.39. The van der Waals surface area contributed by atoms with E-state index in [1.165, 1.54) is 0 Å². The lowest BCUT2D eigenvalue weighted by atomic mass is 9.74. The van der Waals surface area contributed by atoms with E-state index in [0.717, 1.165) is 16.9 Å². The molecule has 1 spiro atoms. The number of nitrogens with zero attached hydrogens (tertiary/aromatic N) is 1. The van der Waals surface area contributed by atoms with Crippen LogP contribution in [0.25, 0.3) is 0 Å². The third-order valence-corrected chi connectivity index (χ3v) is 5.86. The first-order chi connectivity index (χ1) is 12.9. The Bertz CT molecular complexity index is 829. The molecular weight excluding hydrogens is 346 g/mol. The number of carbonyl (C=O) groups is 2. The zero-order valence-electron chi connectivity index (χ0n) is 15.4. The minimum Gasteiger partial charge on any atom is -0.550 e. The van der Waals surface area contributed by atoms with E-state index in [0.29, 0.717) is 13.0 Å². The number of ether oxygens (including phenoxy) is 2. The third kappa shape index (κ3) is 2.58. The molecule has 3 aliphatic heterocycles. The molecule has 3 heterocycles. The van der Waals surface area contributed by atoms with E-state index in [1.54, 1.807) is 18.1 Å². The molecule has 0 unspecified atom stereocenters. The summed E-state index contributed by atoms with van der Waals surface area (Å²) in [5.41, 5.74) is 0.938. The van der Waals surface area contributed by atoms with E-state index in [1.807, 2.05) is 37.3 Å². The van der Waals surface area contributed by atoms with E-state index in [-0.39, 0.29) is 11.9 Å². The van der Waals surface area contributed by atoms with Gasteiger partial charge in [0.05, 0.1) is 25.2 Å². The number of carbonyl (C=O) groups excluding carboxylic acids is 2. The maximum absolute atomic E-state index is 13.3. The Morgan fingerprint density at radius 3 is 2.67 bits per heavy atom. The number of hydrogen-bond acceptors (Lipinski definition) is 5. The first-order valence-electron chi connectivity index (χ1n) is 9.03. The van der Waals surface area contributed by atoms with E-state index in [2.05, 4.69) is 6.58 Å². The van der Waals surface area contributed by atoms with Gasteiger partial charge in [-0.25, -0.2) is 0 Å². The van der Waals surface area contributed by atoms with Crippen molar-refractivity contribution in [3.63, 3.8) is 0 Å². The van der Waals surface area contributed by atoms with Crippen LogP contribution in [0, 0.1) is 11.8 Å². The minimum atomic E-state index is -1.23. The summed E-state index contributed by atoms with van der Waals surface area (Å²) in [6, 6.07) is 7.20. The smallest absolute Gasteiger partial charge is 0.230 e. The molecule has 0 aromatic heterocycles. The summed E-state index contributed by atoms with van der Waals surface area (Å²) in [6.45, 7) is 6.27. The van der Waals surface area contributed by atoms with Crippen molar-refractivity contribution >= 4 is 11.9 Å². The van der Waals surface area contributed by atoms with Crippen molar-refractivity contribution in [1.82, 2.24) is 4.90 Å². The van der Waals surface area contributed by atoms with Gasteiger partial charge >= 0.3 is 0 Å². The van der Waals surface area contributed by atoms with Gasteiger partial charge in [0.2, 0.25) is 5.91 Å². The fourth-order valence-electron chi connectivity index (χ4n) is 4.70. The zero-order valence-corrected chi connectivity index (χ0v) is 15.4. The molecule has 6 heteroatoms. The van der Waals surface area contributed by atoms with Crippen molar-refractivity contribution in [2.75, 3.05) is 7.11 Å². The lowest BCUT2D eigenvalue weighted by molar-refractivity contribution is -0.313. The Labute approximate surface area is 158 Å². The van der Waals surface area contributed by atoms with Crippen LogP contribution in [0.1, 0.15) is 18.9 Å². The van der Waals surface area contributed by atoms with Gasteiger partial charge in [0.1, 0.15) is 11.4 Å². The molecule has 142 valence electrons. The van der Waals surface area contributed by atoms with Crippen molar-refractivity contribution in [1.29, 1.82) is 0 Å². The summed E-state index contributed by atoms with van der Waals surface area (Å²) in [5, 5.41) is 11.7. The molecule has 4 rings (SSSR count). The van der Waals surface area contributed by atoms with Crippen molar-refractivity contribution < 1.29 is 24.2 Å². The van der Waals surface area contributed by atoms with Gasteiger partial charge in [-0.15, -0.1) is 6.58 Å². The first kappa shape index (κ1) is 17.8. The number of likely N-dealkylation sites (tertiary alicyclic amines) is 1. The fraction of sp³-hybridized carbons (Fsp3) is 0.429. The average Bonchev–Trinajstić information content (AvgIpc) is 3.27. The second-order valence-corrected chi connectivity index (χ2v) is 7.61. The van der Waals surface area contributed by atoms with Crippen LogP contribution in [0.3, 0.4) is 0 Å². The molecule has 0 saturated carbocycles. The normalized spacial score (nSPS) is 33.4. The minimum absolute atomic E-state index is 0.196. The Balaban J connectivity index is 1.70. The summed E-state index contributed by atoms with van der Waals surface area (Å²) in [4.78, 5) is 26.7. The van der Waals surface area contributed by atoms with Gasteiger partial charge in [-0.1, -0.05) is 29.9 Å². The molecule has 0 aliphatic carbocycles. The summed E-state index contributed by atoms with van der Waals surface area (Å²) < 4.78 is 11.3. The number of amides is 1. The molecule has 2 fully saturated rings. The topological polar surface area (TPSA) is 78.9 Å². The van der Waals surface area contributed by atoms with Crippen molar-refractivity contribution in [3.05, 3.63) is 54.1 Å². The Morgan fingerprint density at radius 2 is 2.07 bits per heavy atom. The van der Waals surface area contributed by atoms with Crippen LogP contribution < -0.4 is 9.84 Å². The molecule has 5 atom stereocenters. The molecule has 2 saturated heterocycles. The molecule has 3 aliphatic rings. The van der Waals surface area contributed by atoms with E-state index < -0.39 is 29.5 Å². The van der Waals surface area contributed by atoms with Gasteiger partial charge in [0.25, 0.3) is 0 Å². The van der Waals surface area contributed by atoms with Crippen LogP contribution in [0.15, 0.2) is 48.6 Å². The lowest BCUT2D eigenvalue weighted by Gasteiger charge is -2.33. The van der Waals surface area contributed by atoms with Crippen molar-refractivity contribution in [2.45, 2.75) is 37.6 Å². The lowest BCUT2D eigenvalue weighted by Crippen LogP contribution is -2.46. The Hall–Kier alpha value is -2.60. The third-order valence-electron chi connectivity index (χ3n) is 5.86. The molecule has 1 aromatic carbocycles. The van der Waals surface area contributed by atoms with Crippen molar-refractivity contribution in [2.24, 2.45) is 11.8 Å². The van der Waals surface area contributed by atoms with Gasteiger partial charge in [-0.2, -0.15) is 0 Å². The highest BCUT2D eigenvalue weighted by molar-refractivity contribution is 5.91. The summed E-state index contributed by atoms with van der Waals surface area (Å²) in [7, 11) is 1.60. The quantitative estimate of drug-likeness (QED) is 0.702. The maximum atomic E-state index is 13.3. The molecule has 0 radical (unpaired) electrons. The number of benzene rings is 1. The highest BCUT2D eigenvalue weighted by Gasteiger charge is 2.69. The fourth-order valence-corrected chi connectivity index (χ4v) is 4.70. The molecule has 1 aromatic rings. The molecule has 0 N–H and O–H groups in total. The molecule has 1 amide bonds. The van der Waals surface area contributed by atoms with Crippen LogP contribution in [0.2, 0.25) is 0 Å². The monoisotopic (exact) mass is 368 g/mol. The highest BCUT2D eigenvalue weighted by Crippen LogP contribution is 2.56. The molecule has 27 heavy (non-hydrogen) atoms. The zero-order chi connectivity index (χ0) is 19.3. The number of methoxy groups -OCH3 is 1. The Morgan fingerprint density at radius 1 is 1.37 bits per heavy atom. The van der Waals surface area contributed by atoms with E-state index in [9.17, 15) is 14.7 Å². The predicted molar refractivity (Wildman–Crippen MR) is 95.5 cm³/mol. The van der Waals surface area contributed by atoms with Crippen LogP contribution in [-0.4, -0.2) is 41.6 Å². The number of carboxylic acid groups (broad SMARTS) is 1. The van der Waals surface area contributed by atoms with Gasteiger partial charge in [0, 0.05) is 18.4 Å². The van der Waals surface area contributed by atoms with Gasteiger partial charge < -0.3 is 24.3 Å². The van der Waals surface area contributed by atoms with Crippen LogP contribution in [0.5, 0.6) is 5.75 Å². The van der Waals surface area contributed by atoms with Crippen LogP contribution in [-0.2, 0) is 20.9 Å². The number of hydrogen-bond donors (Lipinski definition) is 0. The van der Waals surface area contributed by atoms with Gasteiger partial charge in [-0.05, 0) is 31.0 Å². The second kappa shape index (κ2) is 6.23. The number of aliphatic carboxylic acids is 1. The van der Waals surface area contributed by atoms with E-state index in [4.69, 9.17) is 9.47 Å². The predicted octanol–water partition coefficient (Wildman–Crippen LogP) is 1.06. The summed E-state index contributed by atoms with van der Waals surface area (Å²) in [6.07, 6.45) is 3.59. The standard InChI is InChI=1S/C21H23NO5/c1-12(2)10-16-21-9-8-15(27-21)17(20(24)25)18(21)19(23)22(16)11-13-4-6-14(26-3)7-5-13/h4-9,15-18H,1,10-11H2,2-3H3,(H,24,25)/p-1/t15-,16-,17-,18+,21+/m0/s1. The number of rotatable bonds is 6. The van der Waals surface area contributed by atoms with Gasteiger partial charge in [-0.3, -0.25) is 4.79 Å². The molecule has 2 bridgehead atoms. The largest absolute Gasteiger partial charge is 0.550 e. The SMILES string of the molecule is C=C(C)C[C@@H]1N(Cc2ccc(OC)cc2)C(=O)[C@H]2[C@@H](C(=O)[O-])[C@@H]3C=C[C@@]12O3. The molecular formula is C21H22NO5-. The summed E-state index contributed by atoms with van der Waals surface area (Å²) >= 11 is 0. The highest BCUT2D eigenvalue weighted by atomic mass is 16.5. The van der Waals surface area contributed by atoms with E-state index >= 15 is 0 Å². The van der Waals surface area contributed by atoms with Crippen LogP contribution >= 0.6 is 0 Å². The van der Waals surface area contributed by atoms with Crippen molar-refractivity contribution in [3.8, 4) is 5.75 Å². The van der Waals surface area contributed by atoms with Gasteiger partial charge in [0.15, 0.2) is 0 Å². The second-order valence-electron chi connectivity index (χ2n) is 7.61. The Kier molecular flexibility index (Phi) is 4.11. The number of carboxylic acids is 1. The molecule has 6 nitrogen and oxygen atoms in total. The number of fused-ring (bicyclic) bond motifs is 1. The maximum Gasteiger partial charge on any atom is 0.230 e. The van der Waals surface area contributed by atoms with Crippen LogP contribution in [0.4, 0.5) is 0 Å². The average molecular weight is 368 g/mol.